The van der Waals surface area contributed by atoms with Gasteiger partial charge in [0.05, 0.1) is 11.5 Å². The van der Waals surface area contributed by atoms with E-state index >= 15 is 0 Å². The van der Waals surface area contributed by atoms with E-state index < -0.39 is 10.0 Å². The summed E-state index contributed by atoms with van der Waals surface area (Å²) in [6.07, 6.45) is 0.639. The maximum absolute atomic E-state index is 13.0. The van der Waals surface area contributed by atoms with Crippen LogP contribution in [0.15, 0.2) is 47.4 Å². The zero-order valence-corrected chi connectivity index (χ0v) is 17.3. The molecular weight excluding hydrogens is 376 g/mol. The topological polar surface area (TPSA) is 66.9 Å². The number of methoxy groups -OCH3 is 1. The van der Waals surface area contributed by atoms with Crippen molar-refractivity contribution in [2.45, 2.75) is 31.8 Å². The summed E-state index contributed by atoms with van der Waals surface area (Å²) in [5.41, 5.74) is 3.20. The molecule has 1 aliphatic rings. The van der Waals surface area contributed by atoms with Crippen molar-refractivity contribution in [3.8, 4) is 0 Å². The highest BCUT2D eigenvalue weighted by molar-refractivity contribution is 7.89. The summed E-state index contributed by atoms with van der Waals surface area (Å²) >= 11 is 0. The Labute approximate surface area is 166 Å². The Kier molecular flexibility index (Phi) is 6.17. The summed E-state index contributed by atoms with van der Waals surface area (Å²) in [6, 6.07) is 12.4. The van der Waals surface area contributed by atoms with Crippen LogP contribution in [-0.4, -0.2) is 45.4 Å². The van der Waals surface area contributed by atoms with Crippen molar-refractivity contribution in [3.05, 3.63) is 59.2 Å². The van der Waals surface area contributed by atoms with Crippen LogP contribution in [0.1, 0.15) is 35.3 Å². The van der Waals surface area contributed by atoms with Gasteiger partial charge in [0, 0.05) is 38.0 Å². The van der Waals surface area contributed by atoms with E-state index in [9.17, 15) is 13.2 Å². The molecule has 0 radical (unpaired) electrons. The van der Waals surface area contributed by atoms with Crippen LogP contribution >= 0.6 is 0 Å². The third-order valence-electron chi connectivity index (χ3n) is 5.02. The fourth-order valence-corrected chi connectivity index (χ4v) is 5.09. The molecule has 0 N–H and O–H groups in total. The Balaban J connectivity index is 1.89. The van der Waals surface area contributed by atoms with Crippen LogP contribution in [0.5, 0.6) is 0 Å². The van der Waals surface area contributed by atoms with E-state index in [-0.39, 0.29) is 10.8 Å². The van der Waals surface area contributed by atoms with Crippen LogP contribution in [0, 0.1) is 0 Å². The van der Waals surface area contributed by atoms with Gasteiger partial charge in [-0.15, -0.1) is 0 Å². The SMILES string of the molecule is CCN(CC)S(=O)(=O)c1ccc2c(c1)CCN2C(=O)c1cccc(COC)c1. The van der Waals surface area contributed by atoms with E-state index in [2.05, 4.69) is 0 Å². The number of anilines is 1. The number of fused-ring (bicyclic) bond motifs is 1. The third-order valence-corrected chi connectivity index (χ3v) is 7.07. The van der Waals surface area contributed by atoms with E-state index in [1.54, 1.807) is 36.3 Å². The minimum Gasteiger partial charge on any atom is -0.380 e. The maximum atomic E-state index is 13.0. The largest absolute Gasteiger partial charge is 0.380 e. The van der Waals surface area contributed by atoms with E-state index in [0.717, 1.165) is 16.8 Å². The number of nitrogens with zero attached hydrogens (tertiary/aromatic N) is 2. The van der Waals surface area contributed by atoms with Gasteiger partial charge in [-0.05, 0) is 47.9 Å². The standard InChI is InChI=1S/C21H26N2O4S/c1-4-22(5-2)28(25,26)19-9-10-20-17(14-19)11-12-23(20)21(24)18-8-6-7-16(13-18)15-27-3/h6-10,13-14H,4-5,11-12,15H2,1-3H3. The number of hydrogen-bond acceptors (Lipinski definition) is 4. The summed E-state index contributed by atoms with van der Waals surface area (Å²) in [6.45, 7) is 5.50. The van der Waals surface area contributed by atoms with Crippen LogP contribution in [0.4, 0.5) is 5.69 Å². The quantitative estimate of drug-likeness (QED) is 0.714. The fourth-order valence-electron chi connectivity index (χ4n) is 3.58. The molecule has 0 bridgehead atoms. The molecule has 150 valence electrons. The first kappa shape index (κ1) is 20.5. The molecule has 0 spiro atoms. The van der Waals surface area contributed by atoms with E-state index in [4.69, 9.17) is 4.74 Å². The lowest BCUT2D eigenvalue weighted by molar-refractivity contribution is 0.0989. The second-order valence-corrected chi connectivity index (χ2v) is 8.66. The van der Waals surface area contributed by atoms with Crippen molar-refractivity contribution in [3.63, 3.8) is 0 Å². The predicted octanol–water partition coefficient (Wildman–Crippen LogP) is 3.07. The van der Waals surface area contributed by atoms with Gasteiger partial charge in [-0.3, -0.25) is 4.79 Å². The van der Waals surface area contributed by atoms with Crippen LogP contribution in [-0.2, 0) is 27.8 Å². The van der Waals surface area contributed by atoms with E-state index in [0.29, 0.717) is 38.2 Å². The van der Waals surface area contributed by atoms with Gasteiger partial charge in [-0.25, -0.2) is 8.42 Å². The second-order valence-electron chi connectivity index (χ2n) is 6.72. The van der Waals surface area contributed by atoms with Crippen LogP contribution in [0.3, 0.4) is 0 Å². The molecule has 0 unspecified atom stereocenters. The van der Waals surface area contributed by atoms with Crippen LogP contribution in [0.25, 0.3) is 0 Å². The van der Waals surface area contributed by atoms with Gasteiger partial charge < -0.3 is 9.64 Å². The van der Waals surface area contributed by atoms with Gasteiger partial charge in [-0.1, -0.05) is 26.0 Å². The molecule has 0 aromatic heterocycles. The molecule has 0 saturated carbocycles. The van der Waals surface area contributed by atoms with E-state index in [1.807, 2.05) is 32.0 Å². The zero-order valence-electron chi connectivity index (χ0n) is 16.5. The smallest absolute Gasteiger partial charge is 0.258 e. The summed E-state index contributed by atoms with van der Waals surface area (Å²) in [5.74, 6) is -0.0870. The number of rotatable bonds is 7. The van der Waals surface area contributed by atoms with Gasteiger partial charge in [-0.2, -0.15) is 4.31 Å². The number of carbonyl (C=O) groups is 1. The predicted molar refractivity (Wildman–Crippen MR) is 109 cm³/mol. The molecule has 0 fully saturated rings. The maximum Gasteiger partial charge on any atom is 0.258 e. The number of hydrogen-bond donors (Lipinski definition) is 0. The van der Waals surface area contributed by atoms with Crippen LogP contribution in [0.2, 0.25) is 0 Å². The fraction of sp³-hybridized carbons (Fsp3) is 0.381. The average Bonchev–Trinajstić information content (AvgIpc) is 3.12. The minimum absolute atomic E-state index is 0.0870. The Morgan fingerprint density at radius 1 is 1.14 bits per heavy atom. The lowest BCUT2D eigenvalue weighted by Gasteiger charge is -2.20. The van der Waals surface area contributed by atoms with Crippen molar-refractivity contribution >= 4 is 21.6 Å². The molecule has 3 rings (SSSR count). The lowest BCUT2D eigenvalue weighted by Crippen LogP contribution is -2.30. The number of sulfonamides is 1. The first-order chi connectivity index (χ1) is 13.4. The van der Waals surface area contributed by atoms with Gasteiger partial charge >= 0.3 is 0 Å². The monoisotopic (exact) mass is 402 g/mol. The molecule has 1 amide bonds. The highest BCUT2D eigenvalue weighted by atomic mass is 32.2. The molecular formula is C21H26N2O4S. The van der Waals surface area contributed by atoms with Gasteiger partial charge in [0.2, 0.25) is 10.0 Å². The number of amides is 1. The summed E-state index contributed by atoms with van der Waals surface area (Å²) in [5, 5.41) is 0. The Morgan fingerprint density at radius 2 is 1.89 bits per heavy atom. The highest BCUT2D eigenvalue weighted by Gasteiger charge is 2.29. The Hall–Kier alpha value is -2.22. The molecule has 2 aromatic rings. The Bertz CT molecular complexity index is 968. The number of benzene rings is 2. The molecule has 0 saturated heterocycles. The molecule has 1 aliphatic heterocycles. The van der Waals surface area contributed by atoms with Crippen molar-refractivity contribution in [2.24, 2.45) is 0 Å². The molecule has 7 heteroatoms. The molecule has 0 atom stereocenters. The highest BCUT2D eigenvalue weighted by Crippen LogP contribution is 2.32. The normalized spacial score (nSPS) is 13.8. The molecule has 1 heterocycles. The summed E-state index contributed by atoms with van der Waals surface area (Å²) in [4.78, 5) is 15.0. The van der Waals surface area contributed by atoms with Crippen molar-refractivity contribution in [1.29, 1.82) is 0 Å². The summed E-state index contributed by atoms with van der Waals surface area (Å²) < 4.78 is 32.1. The minimum atomic E-state index is -3.51. The van der Waals surface area contributed by atoms with Crippen molar-refractivity contribution in [2.75, 3.05) is 31.6 Å². The van der Waals surface area contributed by atoms with Crippen molar-refractivity contribution < 1.29 is 17.9 Å². The Morgan fingerprint density at radius 3 is 2.57 bits per heavy atom. The number of carbonyl (C=O) groups excluding carboxylic acids is 1. The zero-order chi connectivity index (χ0) is 20.3. The van der Waals surface area contributed by atoms with Crippen molar-refractivity contribution in [1.82, 2.24) is 4.31 Å². The summed E-state index contributed by atoms with van der Waals surface area (Å²) in [7, 11) is -1.89. The van der Waals surface area contributed by atoms with Gasteiger partial charge in [0.1, 0.15) is 0 Å². The lowest BCUT2D eigenvalue weighted by atomic mass is 10.1. The number of ether oxygens (including phenoxy) is 1. The van der Waals surface area contributed by atoms with Gasteiger partial charge in [0.15, 0.2) is 0 Å². The van der Waals surface area contributed by atoms with Crippen LogP contribution < -0.4 is 4.90 Å². The molecule has 0 aliphatic carbocycles. The van der Waals surface area contributed by atoms with E-state index in [1.165, 1.54) is 4.31 Å². The first-order valence-electron chi connectivity index (χ1n) is 9.45. The molecule has 6 nitrogen and oxygen atoms in total. The third kappa shape index (κ3) is 3.83. The second kappa shape index (κ2) is 8.43. The first-order valence-corrected chi connectivity index (χ1v) is 10.9. The molecule has 2 aromatic carbocycles. The molecule has 28 heavy (non-hydrogen) atoms. The average molecular weight is 403 g/mol. The van der Waals surface area contributed by atoms with Gasteiger partial charge in [0.25, 0.3) is 5.91 Å².